The number of aliphatic carboxylic acids is 1. The molecule has 2 amide bonds. The van der Waals surface area contributed by atoms with Crippen molar-refractivity contribution in [2.45, 2.75) is 32.8 Å². The largest absolute Gasteiger partial charge is 0.481 e. The lowest BCUT2D eigenvalue weighted by molar-refractivity contribution is -0.137. The quantitative estimate of drug-likeness (QED) is 0.591. The van der Waals surface area contributed by atoms with E-state index in [9.17, 15) is 9.59 Å². The molecule has 6 nitrogen and oxygen atoms in total. The van der Waals surface area contributed by atoms with Gasteiger partial charge >= 0.3 is 12.0 Å². The van der Waals surface area contributed by atoms with Crippen LogP contribution in [0.2, 0.25) is 0 Å². The highest BCUT2D eigenvalue weighted by atomic mass is 16.5. The molecule has 6 heteroatoms. The van der Waals surface area contributed by atoms with Crippen LogP contribution in [0.15, 0.2) is 0 Å². The lowest BCUT2D eigenvalue weighted by Gasteiger charge is -2.14. The fraction of sp³-hybridized carbons (Fsp3) is 0.818. The zero-order chi connectivity index (χ0) is 13.3. The average molecular weight is 246 g/mol. The zero-order valence-corrected chi connectivity index (χ0v) is 10.7. The van der Waals surface area contributed by atoms with Crippen LogP contribution in [0.3, 0.4) is 0 Å². The molecule has 2 atom stereocenters. The van der Waals surface area contributed by atoms with Crippen LogP contribution in [0.25, 0.3) is 0 Å². The van der Waals surface area contributed by atoms with Crippen LogP contribution in [0.4, 0.5) is 4.79 Å². The number of rotatable bonds is 8. The molecule has 0 rings (SSSR count). The minimum atomic E-state index is -0.810. The number of hydrogen-bond donors (Lipinski definition) is 3. The van der Waals surface area contributed by atoms with Crippen LogP contribution in [0.5, 0.6) is 0 Å². The molecule has 0 aliphatic carbocycles. The van der Waals surface area contributed by atoms with Crippen LogP contribution in [0, 0.1) is 5.92 Å². The van der Waals surface area contributed by atoms with E-state index in [-0.39, 0.29) is 24.5 Å². The summed E-state index contributed by atoms with van der Waals surface area (Å²) in [7, 11) is 1.58. The second kappa shape index (κ2) is 8.81. The molecule has 0 saturated heterocycles. The van der Waals surface area contributed by atoms with E-state index in [4.69, 9.17) is 9.84 Å². The highest BCUT2D eigenvalue weighted by Crippen LogP contribution is 2.03. The third-order valence-electron chi connectivity index (χ3n) is 2.41. The summed E-state index contributed by atoms with van der Waals surface area (Å²) in [5, 5.41) is 13.8. The van der Waals surface area contributed by atoms with Crippen LogP contribution < -0.4 is 10.6 Å². The number of carbonyl (C=O) groups excluding carboxylic acids is 1. The Balaban J connectivity index is 3.58. The van der Waals surface area contributed by atoms with Gasteiger partial charge in [0.05, 0.1) is 6.10 Å². The van der Waals surface area contributed by atoms with Crippen LogP contribution in [0.1, 0.15) is 26.7 Å². The van der Waals surface area contributed by atoms with Crippen LogP contribution in [-0.4, -0.2) is 43.4 Å². The highest BCUT2D eigenvalue weighted by molar-refractivity contribution is 5.73. The maximum absolute atomic E-state index is 11.3. The summed E-state index contributed by atoms with van der Waals surface area (Å²) >= 11 is 0. The van der Waals surface area contributed by atoms with Crippen molar-refractivity contribution >= 4 is 12.0 Å². The molecule has 0 aliphatic rings. The number of amides is 2. The van der Waals surface area contributed by atoms with Crippen molar-refractivity contribution < 1.29 is 19.4 Å². The van der Waals surface area contributed by atoms with Gasteiger partial charge in [-0.25, -0.2) is 4.79 Å². The van der Waals surface area contributed by atoms with Crippen molar-refractivity contribution in [1.82, 2.24) is 10.6 Å². The summed E-state index contributed by atoms with van der Waals surface area (Å²) in [6.07, 6.45) is 0.667. The van der Waals surface area contributed by atoms with Crippen LogP contribution in [-0.2, 0) is 9.53 Å². The number of ether oxygens (including phenoxy) is 1. The monoisotopic (exact) mass is 246 g/mol. The molecule has 2 unspecified atom stereocenters. The maximum atomic E-state index is 11.3. The summed E-state index contributed by atoms with van der Waals surface area (Å²) in [5.74, 6) is -0.660. The summed E-state index contributed by atoms with van der Waals surface area (Å²) in [5.41, 5.74) is 0. The molecule has 0 aliphatic heterocycles. The molecule has 0 heterocycles. The van der Waals surface area contributed by atoms with E-state index in [0.29, 0.717) is 19.5 Å². The Morgan fingerprint density at radius 3 is 2.35 bits per heavy atom. The standard InChI is InChI=1S/C11H22N2O4/c1-8(4-5-10(14)15)6-12-11(16)13-7-9(2)17-3/h8-9H,4-7H2,1-3H3,(H,14,15)(H2,12,13,16). The van der Waals surface area contributed by atoms with Gasteiger partial charge in [-0.1, -0.05) is 6.92 Å². The minimum Gasteiger partial charge on any atom is -0.481 e. The molecular weight excluding hydrogens is 224 g/mol. The van der Waals surface area contributed by atoms with Gasteiger partial charge in [0, 0.05) is 26.6 Å². The Bertz CT molecular complexity index is 246. The third-order valence-corrected chi connectivity index (χ3v) is 2.41. The Kier molecular flexibility index (Phi) is 8.13. The zero-order valence-electron chi connectivity index (χ0n) is 10.7. The van der Waals surface area contributed by atoms with Gasteiger partial charge in [-0.05, 0) is 19.3 Å². The molecule has 0 aromatic heterocycles. The normalized spacial score (nSPS) is 13.8. The van der Waals surface area contributed by atoms with E-state index in [0.717, 1.165) is 0 Å². The van der Waals surface area contributed by atoms with Crippen molar-refractivity contribution in [2.24, 2.45) is 5.92 Å². The lowest BCUT2D eigenvalue weighted by atomic mass is 10.1. The number of urea groups is 1. The van der Waals surface area contributed by atoms with E-state index in [1.807, 2.05) is 13.8 Å². The van der Waals surface area contributed by atoms with E-state index in [1.54, 1.807) is 7.11 Å². The van der Waals surface area contributed by atoms with E-state index in [1.165, 1.54) is 0 Å². The summed E-state index contributed by atoms with van der Waals surface area (Å²) in [6, 6.07) is -0.254. The summed E-state index contributed by atoms with van der Waals surface area (Å²) < 4.78 is 4.98. The molecule has 3 N–H and O–H groups in total. The number of hydrogen-bond acceptors (Lipinski definition) is 3. The molecule has 0 aromatic carbocycles. The molecule has 0 bridgehead atoms. The van der Waals surface area contributed by atoms with E-state index >= 15 is 0 Å². The Morgan fingerprint density at radius 1 is 1.24 bits per heavy atom. The second-order valence-corrected chi connectivity index (χ2v) is 4.17. The predicted molar refractivity (Wildman–Crippen MR) is 63.9 cm³/mol. The second-order valence-electron chi connectivity index (χ2n) is 4.17. The van der Waals surface area contributed by atoms with Gasteiger partial charge in [-0.2, -0.15) is 0 Å². The molecule has 0 radical (unpaired) electrons. The first-order valence-electron chi connectivity index (χ1n) is 5.72. The third kappa shape index (κ3) is 9.62. The molecular formula is C11H22N2O4. The Labute approximate surface area is 102 Å². The van der Waals surface area contributed by atoms with Gasteiger partial charge in [-0.15, -0.1) is 0 Å². The van der Waals surface area contributed by atoms with Gasteiger partial charge in [-0.3, -0.25) is 4.79 Å². The summed E-state index contributed by atoms with van der Waals surface area (Å²) in [4.78, 5) is 21.7. The van der Waals surface area contributed by atoms with Gasteiger partial charge in [0.15, 0.2) is 0 Å². The first kappa shape index (κ1) is 15.7. The minimum absolute atomic E-state index is 0.0230. The highest BCUT2D eigenvalue weighted by Gasteiger charge is 2.08. The molecule has 17 heavy (non-hydrogen) atoms. The molecule has 0 saturated carbocycles. The van der Waals surface area contributed by atoms with E-state index < -0.39 is 5.97 Å². The number of carbonyl (C=O) groups is 2. The van der Waals surface area contributed by atoms with Gasteiger partial charge in [0.1, 0.15) is 0 Å². The van der Waals surface area contributed by atoms with E-state index in [2.05, 4.69) is 10.6 Å². The maximum Gasteiger partial charge on any atom is 0.314 e. The average Bonchev–Trinajstić information content (AvgIpc) is 2.30. The Hall–Kier alpha value is -1.30. The summed E-state index contributed by atoms with van der Waals surface area (Å²) in [6.45, 7) is 4.68. The van der Waals surface area contributed by atoms with Crippen molar-refractivity contribution in [3.63, 3.8) is 0 Å². The van der Waals surface area contributed by atoms with Crippen LogP contribution >= 0.6 is 0 Å². The fourth-order valence-electron chi connectivity index (χ4n) is 1.12. The van der Waals surface area contributed by atoms with Crippen molar-refractivity contribution in [2.75, 3.05) is 20.2 Å². The number of nitrogens with one attached hydrogen (secondary N) is 2. The smallest absolute Gasteiger partial charge is 0.314 e. The topological polar surface area (TPSA) is 87.7 Å². The molecule has 100 valence electrons. The first-order chi connectivity index (χ1) is 7.95. The van der Waals surface area contributed by atoms with Gasteiger partial charge in [0.2, 0.25) is 0 Å². The van der Waals surface area contributed by atoms with Crippen molar-refractivity contribution in [3.05, 3.63) is 0 Å². The molecule has 0 aromatic rings. The first-order valence-corrected chi connectivity index (χ1v) is 5.72. The van der Waals surface area contributed by atoms with Gasteiger partial charge < -0.3 is 20.5 Å². The number of carboxylic acid groups (broad SMARTS) is 1. The van der Waals surface area contributed by atoms with Crippen molar-refractivity contribution in [1.29, 1.82) is 0 Å². The molecule has 0 fully saturated rings. The SMILES string of the molecule is COC(C)CNC(=O)NCC(C)CCC(=O)O. The fourth-order valence-corrected chi connectivity index (χ4v) is 1.12. The number of methoxy groups -OCH3 is 1. The lowest BCUT2D eigenvalue weighted by Crippen LogP contribution is -2.41. The van der Waals surface area contributed by atoms with Gasteiger partial charge in [0.25, 0.3) is 0 Å². The molecule has 0 spiro atoms. The number of carboxylic acids is 1. The predicted octanol–water partition coefficient (Wildman–Crippen LogP) is 0.821. The Morgan fingerprint density at radius 2 is 1.82 bits per heavy atom. The van der Waals surface area contributed by atoms with Crippen molar-refractivity contribution in [3.8, 4) is 0 Å².